The van der Waals surface area contributed by atoms with E-state index in [2.05, 4.69) is 20.8 Å². The van der Waals surface area contributed by atoms with Gasteiger partial charge in [0.25, 0.3) is 0 Å². The standard InChI is InChI=1S/C49H94O6/c1-4-7-10-13-16-19-22-24-27-30-33-36-39-42-48(51)54-45-46(44-53-47(50)41-38-35-32-29-26-21-18-15-12-9-6-3)55-49(52)43-40-37-34-31-28-25-23-20-17-14-11-8-5-2/h46H,4-45H2,1-3H3/t46-/m1/s1. The number of unbranched alkanes of at least 4 members (excludes halogenated alkanes) is 34. The zero-order chi connectivity index (χ0) is 40.1. The van der Waals surface area contributed by atoms with Crippen LogP contribution in [-0.4, -0.2) is 37.2 Å². The largest absolute Gasteiger partial charge is 0.462 e. The van der Waals surface area contributed by atoms with Crippen LogP contribution in [0, 0.1) is 0 Å². The molecule has 0 fully saturated rings. The topological polar surface area (TPSA) is 78.9 Å². The van der Waals surface area contributed by atoms with Crippen molar-refractivity contribution >= 4 is 17.9 Å². The van der Waals surface area contributed by atoms with E-state index >= 15 is 0 Å². The molecule has 0 aromatic carbocycles. The number of hydrogen-bond acceptors (Lipinski definition) is 6. The van der Waals surface area contributed by atoms with Gasteiger partial charge in [-0.1, -0.05) is 239 Å². The maximum Gasteiger partial charge on any atom is 0.306 e. The summed E-state index contributed by atoms with van der Waals surface area (Å²) in [6, 6.07) is 0. The van der Waals surface area contributed by atoms with Crippen LogP contribution in [0.3, 0.4) is 0 Å². The van der Waals surface area contributed by atoms with Crippen LogP contribution in [0.1, 0.15) is 278 Å². The normalized spacial score (nSPS) is 11.8. The second kappa shape index (κ2) is 45.1. The van der Waals surface area contributed by atoms with E-state index in [0.29, 0.717) is 19.3 Å². The summed E-state index contributed by atoms with van der Waals surface area (Å²) in [7, 11) is 0. The monoisotopic (exact) mass is 779 g/mol. The van der Waals surface area contributed by atoms with Gasteiger partial charge >= 0.3 is 17.9 Å². The van der Waals surface area contributed by atoms with Crippen LogP contribution in [0.15, 0.2) is 0 Å². The summed E-state index contributed by atoms with van der Waals surface area (Å²) in [5, 5.41) is 0. The van der Waals surface area contributed by atoms with Crippen LogP contribution in [0.5, 0.6) is 0 Å². The van der Waals surface area contributed by atoms with Crippen LogP contribution >= 0.6 is 0 Å². The Morgan fingerprint density at radius 3 is 0.727 bits per heavy atom. The minimum absolute atomic E-state index is 0.0622. The fraction of sp³-hybridized carbons (Fsp3) is 0.939. The van der Waals surface area contributed by atoms with E-state index in [1.807, 2.05) is 0 Å². The fourth-order valence-electron chi connectivity index (χ4n) is 7.38. The average molecular weight is 779 g/mol. The summed E-state index contributed by atoms with van der Waals surface area (Å²) in [5.74, 6) is -0.846. The molecule has 0 aliphatic rings. The van der Waals surface area contributed by atoms with Gasteiger partial charge in [-0.3, -0.25) is 14.4 Å². The molecule has 0 spiro atoms. The molecule has 0 aliphatic carbocycles. The van der Waals surface area contributed by atoms with Gasteiger partial charge in [0.2, 0.25) is 0 Å². The number of ether oxygens (including phenoxy) is 3. The molecule has 0 unspecified atom stereocenters. The van der Waals surface area contributed by atoms with Crippen molar-refractivity contribution < 1.29 is 28.6 Å². The first-order chi connectivity index (χ1) is 27.0. The molecule has 0 aromatic rings. The summed E-state index contributed by atoms with van der Waals surface area (Å²) < 4.78 is 16.8. The second-order valence-corrected chi connectivity index (χ2v) is 16.7. The van der Waals surface area contributed by atoms with Gasteiger partial charge in [0.05, 0.1) is 0 Å². The molecule has 6 nitrogen and oxygen atoms in total. The molecule has 0 radical (unpaired) electrons. The maximum absolute atomic E-state index is 12.7. The summed E-state index contributed by atoms with van der Waals surface area (Å²) in [4.78, 5) is 37.8. The number of hydrogen-bond donors (Lipinski definition) is 0. The van der Waals surface area contributed by atoms with Crippen molar-refractivity contribution in [2.24, 2.45) is 0 Å². The van der Waals surface area contributed by atoms with Crippen molar-refractivity contribution in [1.82, 2.24) is 0 Å². The van der Waals surface area contributed by atoms with Gasteiger partial charge in [0.1, 0.15) is 13.2 Å². The number of carbonyl (C=O) groups excluding carboxylic acids is 3. The van der Waals surface area contributed by atoms with Gasteiger partial charge < -0.3 is 14.2 Å². The molecule has 0 saturated heterocycles. The quantitative estimate of drug-likeness (QED) is 0.0348. The van der Waals surface area contributed by atoms with Gasteiger partial charge in [0.15, 0.2) is 6.10 Å². The predicted molar refractivity (Wildman–Crippen MR) is 233 cm³/mol. The SMILES string of the molecule is CCCCCCCCCCCCCCCC(=O)OC[C@@H](COC(=O)CCCCCCCCCCCCC)OC(=O)CCCCCCCCCCCCCCC. The molecule has 1 atom stereocenters. The Morgan fingerprint density at radius 1 is 0.291 bits per heavy atom. The lowest BCUT2D eigenvalue weighted by molar-refractivity contribution is -0.167. The highest BCUT2D eigenvalue weighted by Gasteiger charge is 2.19. The molecule has 6 heteroatoms. The summed E-state index contributed by atoms with van der Waals surface area (Å²) in [5.41, 5.74) is 0. The van der Waals surface area contributed by atoms with E-state index in [4.69, 9.17) is 14.2 Å². The highest BCUT2D eigenvalue weighted by Crippen LogP contribution is 2.16. The lowest BCUT2D eigenvalue weighted by atomic mass is 10.0. The first-order valence-electron chi connectivity index (χ1n) is 24.5. The van der Waals surface area contributed by atoms with Gasteiger partial charge in [-0.2, -0.15) is 0 Å². The lowest BCUT2D eigenvalue weighted by Crippen LogP contribution is -2.30. The van der Waals surface area contributed by atoms with E-state index < -0.39 is 6.10 Å². The van der Waals surface area contributed by atoms with Gasteiger partial charge in [-0.25, -0.2) is 0 Å². The fourth-order valence-corrected chi connectivity index (χ4v) is 7.38. The molecular formula is C49H94O6. The third kappa shape index (κ3) is 43.4. The number of rotatable bonds is 45. The molecule has 326 valence electrons. The summed E-state index contributed by atoms with van der Waals surface area (Å²) >= 11 is 0. The third-order valence-electron chi connectivity index (χ3n) is 11.1. The Labute approximate surface area is 342 Å². The molecule has 0 saturated carbocycles. The Kier molecular flexibility index (Phi) is 43.8. The molecule has 0 bridgehead atoms. The van der Waals surface area contributed by atoms with Crippen LogP contribution in [0.2, 0.25) is 0 Å². The van der Waals surface area contributed by atoms with Gasteiger partial charge in [-0.15, -0.1) is 0 Å². The Balaban J connectivity index is 4.31. The average Bonchev–Trinajstić information content (AvgIpc) is 3.18. The Hall–Kier alpha value is -1.59. The third-order valence-corrected chi connectivity index (χ3v) is 11.1. The van der Waals surface area contributed by atoms with E-state index in [-0.39, 0.29) is 31.1 Å². The van der Waals surface area contributed by atoms with Gasteiger partial charge in [0, 0.05) is 19.3 Å². The Morgan fingerprint density at radius 2 is 0.491 bits per heavy atom. The lowest BCUT2D eigenvalue weighted by Gasteiger charge is -2.18. The number of esters is 3. The molecule has 55 heavy (non-hydrogen) atoms. The van der Waals surface area contributed by atoms with E-state index in [1.165, 1.54) is 180 Å². The molecule has 0 heterocycles. The van der Waals surface area contributed by atoms with E-state index in [0.717, 1.165) is 57.8 Å². The van der Waals surface area contributed by atoms with Crippen LogP contribution in [0.25, 0.3) is 0 Å². The van der Waals surface area contributed by atoms with Crippen LogP contribution < -0.4 is 0 Å². The summed E-state index contributed by atoms with van der Waals surface area (Å²) in [6.45, 7) is 6.66. The first kappa shape index (κ1) is 53.4. The minimum Gasteiger partial charge on any atom is -0.462 e. The zero-order valence-electron chi connectivity index (χ0n) is 37.2. The Bertz CT molecular complexity index is 813. The highest BCUT2D eigenvalue weighted by atomic mass is 16.6. The van der Waals surface area contributed by atoms with E-state index in [9.17, 15) is 14.4 Å². The highest BCUT2D eigenvalue weighted by molar-refractivity contribution is 5.71. The van der Waals surface area contributed by atoms with Crippen molar-refractivity contribution in [2.75, 3.05) is 13.2 Å². The van der Waals surface area contributed by atoms with Crippen LogP contribution in [-0.2, 0) is 28.6 Å². The number of carbonyl (C=O) groups is 3. The van der Waals surface area contributed by atoms with Crippen LogP contribution in [0.4, 0.5) is 0 Å². The minimum atomic E-state index is -0.758. The van der Waals surface area contributed by atoms with Crippen molar-refractivity contribution in [3.63, 3.8) is 0 Å². The smallest absolute Gasteiger partial charge is 0.306 e. The van der Waals surface area contributed by atoms with Gasteiger partial charge in [-0.05, 0) is 19.3 Å². The first-order valence-corrected chi connectivity index (χ1v) is 24.5. The zero-order valence-corrected chi connectivity index (χ0v) is 37.2. The van der Waals surface area contributed by atoms with E-state index in [1.54, 1.807) is 0 Å². The molecule has 0 amide bonds. The van der Waals surface area contributed by atoms with Crippen molar-refractivity contribution in [3.05, 3.63) is 0 Å². The molecule has 0 aromatic heterocycles. The van der Waals surface area contributed by atoms with Crippen molar-refractivity contribution in [3.8, 4) is 0 Å². The summed E-state index contributed by atoms with van der Waals surface area (Å²) in [6.07, 6.45) is 46.5. The maximum atomic E-state index is 12.7. The predicted octanol–water partition coefficient (Wildman–Crippen LogP) is 15.6. The second-order valence-electron chi connectivity index (χ2n) is 16.7. The van der Waals surface area contributed by atoms with Crippen molar-refractivity contribution in [1.29, 1.82) is 0 Å². The molecular weight excluding hydrogens is 685 g/mol. The van der Waals surface area contributed by atoms with Crippen molar-refractivity contribution in [2.45, 2.75) is 284 Å². The molecule has 0 rings (SSSR count). The molecule has 0 aliphatic heterocycles. The molecule has 0 N–H and O–H groups in total.